The maximum atomic E-state index is 9.23. The summed E-state index contributed by atoms with van der Waals surface area (Å²) in [6.45, 7) is 8.09. The van der Waals surface area contributed by atoms with Crippen molar-refractivity contribution in [2.45, 2.75) is 26.4 Å². The molecule has 0 radical (unpaired) electrons. The maximum absolute atomic E-state index is 9.23. The molecule has 90 valence electrons. The highest BCUT2D eigenvalue weighted by molar-refractivity contribution is 4.75. The fraction of sp³-hybridized carbons (Fsp3) is 1.00. The number of aliphatic hydroxyl groups is 1. The smallest absolute Gasteiger partial charge is 0.0933 e. The lowest BCUT2D eigenvalue weighted by Crippen LogP contribution is -2.42. The zero-order chi connectivity index (χ0) is 11.1. The topological polar surface area (TPSA) is 50.7 Å². The minimum absolute atomic E-state index is 0.0183. The Morgan fingerprint density at radius 1 is 1.47 bits per heavy atom. The summed E-state index contributed by atoms with van der Waals surface area (Å²) in [5, 5.41) is 12.6. The summed E-state index contributed by atoms with van der Waals surface area (Å²) in [5.74, 6) is 0. The molecule has 0 amide bonds. The van der Waals surface area contributed by atoms with E-state index < -0.39 is 0 Å². The van der Waals surface area contributed by atoms with Crippen molar-refractivity contribution >= 4 is 0 Å². The van der Waals surface area contributed by atoms with E-state index in [4.69, 9.17) is 9.47 Å². The third-order valence-electron chi connectivity index (χ3n) is 3.04. The van der Waals surface area contributed by atoms with Crippen LogP contribution in [0.3, 0.4) is 0 Å². The molecule has 1 aliphatic heterocycles. The summed E-state index contributed by atoms with van der Waals surface area (Å²) in [5.41, 5.74) is -0.0183. The van der Waals surface area contributed by atoms with Gasteiger partial charge in [-0.1, -0.05) is 13.8 Å². The lowest BCUT2D eigenvalue weighted by molar-refractivity contribution is -0.0870. The summed E-state index contributed by atoms with van der Waals surface area (Å²) in [4.78, 5) is 0. The van der Waals surface area contributed by atoms with Gasteiger partial charge in [-0.25, -0.2) is 0 Å². The van der Waals surface area contributed by atoms with Gasteiger partial charge in [-0.2, -0.15) is 0 Å². The van der Waals surface area contributed by atoms with Gasteiger partial charge < -0.3 is 19.9 Å². The standard InChI is InChI=1S/C11H23NO3/c1-3-11(2,9-13)8-12-6-10-7-14-4-5-15-10/h10,12-13H,3-9H2,1-2H3. The van der Waals surface area contributed by atoms with Crippen LogP contribution in [0.5, 0.6) is 0 Å². The van der Waals surface area contributed by atoms with Crippen LogP contribution in [0, 0.1) is 5.41 Å². The van der Waals surface area contributed by atoms with Gasteiger partial charge in [0.25, 0.3) is 0 Å². The van der Waals surface area contributed by atoms with E-state index in [9.17, 15) is 5.11 Å². The lowest BCUT2D eigenvalue weighted by Gasteiger charge is -2.28. The molecule has 0 bridgehead atoms. The molecule has 1 heterocycles. The van der Waals surface area contributed by atoms with Crippen molar-refractivity contribution in [3.63, 3.8) is 0 Å². The Hall–Kier alpha value is -0.160. The lowest BCUT2D eigenvalue weighted by atomic mass is 9.88. The van der Waals surface area contributed by atoms with E-state index in [1.54, 1.807) is 0 Å². The van der Waals surface area contributed by atoms with E-state index in [0.717, 1.165) is 19.5 Å². The molecule has 1 rings (SSSR count). The van der Waals surface area contributed by atoms with Crippen molar-refractivity contribution in [2.24, 2.45) is 5.41 Å². The molecule has 1 saturated heterocycles. The van der Waals surface area contributed by atoms with Crippen molar-refractivity contribution in [1.82, 2.24) is 5.32 Å². The van der Waals surface area contributed by atoms with Gasteiger partial charge in [0, 0.05) is 25.1 Å². The van der Waals surface area contributed by atoms with Gasteiger partial charge in [0.05, 0.1) is 25.9 Å². The molecular weight excluding hydrogens is 194 g/mol. The Bertz CT molecular complexity index is 165. The quantitative estimate of drug-likeness (QED) is 0.676. The second-order valence-electron chi connectivity index (χ2n) is 4.52. The number of hydrogen-bond acceptors (Lipinski definition) is 4. The second kappa shape index (κ2) is 6.43. The molecule has 1 fully saturated rings. The molecule has 0 aromatic rings. The van der Waals surface area contributed by atoms with Crippen LogP contribution >= 0.6 is 0 Å². The number of rotatable bonds is 6. The highest BCUT2D eigenvalue weighted by Gasteiger charge is 2.21. The van der Waals surface area contributed by atoms with Crippen molar-refractivity contribution in [1.29, 1.82) is 0 Å². The molecule has 0 aromatic carbocycles. The van der Waals surface area contributed by atoms with Crippen LogP contribution in [0.25, 0.3) is 0 Å². The molecule has 2 N–H and O–H groups in total. The fourth-order valence-electron chi connectivity index (χ4n) is 1.48. The van der Waals surface area contributed by atoms with E-state index >= 15 is 0 Å². The molecule has 0 saturated carbocycles. The first-order valence-corrected chi connectivity index (χ1v) is 5.71. The van der Waals surface area contributed by atoms with Gasteiger partial charge >= 0.3 is 0 Å². The fourth-order valence-corrected chi connectivity index (χ4v) is 1.48. The minimum Gasteiger partial charge on any atom is -0.396 e. The number of ether oxygens (including phenoxy) is 2. The average Bonchev–Trinajstić information content (AvgIpc) is 2.30. The second-order valence-corrected chi connectivity index (χ2v) is 4.52. The van der Waals surface area contributed by atoms with Crippen LogP contribution in [0.4, 0.5) is 0 Å². The molecular formula is C11H23NO3. The predicted molar refractivity (Wildman–Crippen MR) is 58.9 cm³/mol. The average molecular weight is 217 g/mol. The van der Waals surface area contributed by atoms with Crippen molar-refractivity contribution in [2.75, 3.05) is 39.5 Å². The highest BCUT2D eigenvalue weighted by atomic mass is 16.6. The summed E-state index contributed by atoms with van der Waals surface area (Å²) < 4.78 is 10.8. The molecule has 1 aliphatic rings. The summed E-state index contributed by atoms with van der Waals surface area (Å²) in [6, 6.07) is 0. The summed E-state index contributed by atoms with van der Waals surface area (Å²) in [6.07, 6.45) is 1.14. The van der Waals surface area contributed by atoms with Crippen LogP contribution in [-0.4, -0.2) is 50.7 Å². The van der Waals surface area contributed by atoms with Crippen molar-refractivity contribution < 1.29 is 14.6 Å². The van der Waals surface area contributed by atoms with Gasteiger partial charge in [0.15, 0.2) is 0 Å². The number of aliphatic hydroxyl groups excluding tert-OH is 1. The van der Waals surface area contributed by atoms with Gasteiger partial charge in [0.2, 0.25) is 0 Å². The minimum atomic E-state index is -0.0183. The molecule has 0 aromatic heterocycles. The Morgan fingerprint density at radius 3 is 2.80 bits per heavy atom. The van der Waals surface area contributed by atoms with E-state index in [-0.39, 0.29) is 18.1 Å². The van der Waals surface area contributed by atoms with E-state index in [2.05, 4.69) is 19.2 Å². The number of hydrogen-bond donors (Lipinski definition) is 2. The molecule has 0 aliphatic carbocycles. The van der Waals surface area contributed by atoms with Crippen LogP contribution in [-0.2, 0) is 9.47 Å². The maximum Gasteiger partial charge on any atom is 0.0933 e. The van der Waals surface area contributed by atoms with Gasteiger partial charge in [-0.05, 0) is 6.42 Å². The van der Waals surface area contributed by atoms with E-state index in [1.165, 1.54) is 0 Å². The monoisotopic (exact) mass is 217 g/mol. The van der Waals surface area contributed by atoms with Crippen LogP contribution in [0.15, 0.2) is 0 Å². The van der Waals surface area contributed by atoms with Gasteiger partial charge in [-0.15, -0.1) is 0 Å². The van der Waals surface area contributed by atoms with E-state index in [0.29, 0.717) is 19.8 Å². The van der Waals surface area contributed by atoms with Gasteiger partial charge in [0.1, 0.15) is 0 Å². The SMILES string of the molecule is CCC(C)(CO)CNCC1COCCO1. The largest absolute Gasteiger partial charge is 0.396 e. The van der Waals surface area contributed by atoms with Crippen LogP contribution < -0.4 is 5.32 Å². The zero-order valence-corrected chi connectivity index (χ0v) is 9.79. The Kier molecular flexibility index (Phi) is 5.53. The Morgan fingerprint density at radius 2 is 2.27 bits per heavy atom. The van der Waals surface area contributed by atoms with Crippen LogP contribution in [0.2, 0.25) is 0 Å². The molecule has 2 atom stereocenters. The summed E-state index contributed by atoms with van der Waals surface area (Å²) in [7, 11) is 0. The third-order valence-corrected chi connectivity index (χ3v) is 3.04. The molecule has 0 spiro atoms. The molecule has 15 heavy (non-hydrogen) atoms. The number of nitrogens with one attached hydrogen (secondary N) is 1. The van der Waals surface area contributed by atoms with Crippen molar-refractivity contribution in [3.05, 3.63) is 0 Å². The first kappa shape index (κ1) is 12.9. The normalized spacial score (nSPS) is 26.2. The molecule has 2 unspecified atom stereocenters. The third kappa shape index (κ3) is 4.47. The first-order chi connectivity index (χ1) is 7.20. The highest BCUT2D eigenvalue weighted by Crippen LogP contribution is 2.18. The predicted octanol–water partition coefficient (Wildman–Crippen LogP) is 0.400. The first-order valence-electron chi connectivity index (χ1n) is 5.71. The van der Waals surface area contributed by atoms with Gasteiger partial charge in [-0.3, -0.25) is 0 Å². The Balaban J connectivity index is 2.14. The Labute approximate surface area is 92.0 Å². The zero-order valence-electron chi connectivity index (χ0n) is 9.79. The van der Waals surface area contributed by atoms with Crippen molar-refractivity contribution in [3.8, 4) is 0 Å². The molecule has 4 heteroatoms. The summed E-state index contributed by atoms with van der Waals surface area (Å²) >= 11 is 0. The molecule has 4 nitrogen and oxygen atoms in total. The van der Waals surface area contributed by atoms with E-state index in [1.807, 2.05) is 0 Å². The van der Waals surface area contributed by atoms with Crippen LogP contribution in [0.1, 0.15) is 20.3 Å².